The Morgan fingerprint density at radius 1 is 1.15 bits per heavy atom. The minimum absolute atomic E-state index is 0.112. The average molecular weight is 277 g/mol. The zero-order valence-electron chi connectivity index (χ0n) is 12.7. The second-order valence-electron chi connectivity index (χ2n) is 5.08. The summed E-state index contributed by atoms with van der Waals surface area (Å²) in [5, 5.41) is 5.92. The highest BCUT2D eigenvalue weighted by Crippen LogP contribution is 2.20. The zero-order valence-corrected chi connectivity index (χ0v) is 12.7. The van der Waals surface area contributed by atoms with Crippen molar-refractivity contribution in [2.75, 3.05) is 24.6 Å². The first-order valence-electron chi connectivity index (χ1n) is 7.54. The smallest absolute Gasteiger partial charge is 0.251 e. The quantitative estimate of drug-likeness (QED) is 0.478. The summed E-state index contributed by atoms with van der Waals surface area (Å²) in [7, 11) is 1.61. The molecule has 4 heteroatoms. The fraction of sp³-hybridized carbons (Fsp3) is 0.562. The van der Waals surface area contributed by atoms with Crippen LogP contribution in [-0.2, 0) is 0 Å². The van der Waals surface area contributed by atoms with E-state index in [1.54, 1.807) is 19.2 Å². The molecule has 4 N–H and O–H groups in total. The molecule has 0 aromatic heterocycles. The van der Waals surface area contributed by atoms with Crippen LogP contribution >= 0.6 is 0 Å². The number of amides is 1. The Labute approximate surface area is 122 Å². The van der Waals surface area contributed by atoms with Crippen LogP contribution in [0.15, 0.2) is 18.2 Å². The number of carbonyl (C=O) groups is 1. The molecule has 0 saturated carbocycles. The molecule has 0 unspecified atom stereocenters. The SMILES string of the molecule is CCCCCCCCNc1ccc(C(=O)NC)cc1N. The molecule has 0 aliphatic heterocycles. The molecule has 0 radical (unpaired) electrons. The highest BCUT2D eigenvalue weighted by Gasteiger charge is 2.05. The molecule has 0 saturated heterocycles. The van der Waals surface area contributed by atoms with Gasteiger partial charge in [-0.2, -0.15) is 0 Å². The van der Waals surface area contributed by atoms with E-state index in [4.69, 9.17) is 5.73 Å². The van der Waals surface area contributed by atoms with Gasteiger partial charge in [-0.15, -0.1) is 0 Å². The first-order chi connectivity index (χ1) is 9.69. The first kappa shape index (κ1) is 16.3. The summed E-state index contributed by atoms with van der Waals surface area (Å²) in [4.78, 5) is 11.5. The van der Waals surface area contributed by atoms with E-state index in [0.717, 1.165) is 18.7 Å². The molecule has 0 aliphatic rings. The lowest BCUT2D eigenvalue weighted by Gasteiger charge is -2.10. The standard InChI is InChI=1S/C16H27N3O/c1-3-4-5-6-7-8-11-19-15-10-9-13(12-14(15)17)16(20)18-2/h9-10,12,19H,3-8,11,17H2,1-2H3,(H,18,20). The second-order valence-corrected chi connectivity index (χ2v) is 5.08. The molecule has 0 bridgehead atoms. The molecule has 1 amide bonds. The van der Waals surface area contributed by atoms with Gasteiger partial charge in [0.2, 0.25) is 0 Å². The van der Waals surface area contributed by atoms with Gasteiger partial charge in [-0.3, -0.25) is 4.79 Å². The third-order valence-corrected chi connectivity index (χ3v) is 3.39. The molecule has 1 aromatic carbocycles. The van der Waals surface area contributed by atoms with E-state index >= 15 is 0 Å². The molecule has 0 heterocycles. The van der Waals surface area contributed by atoms with Crippen LogP contribution in [0.4, 0.5) is 11.4 Å². The zero-order chi connectivity index (χ0) is 14.8. The predicted octanol–water partition coefficient (Wildman–Crippen LogP) is 3.40. The highest BCUT2D eigenvalue weighted by molar-refractivity contribution is 5.95. The lowest BCUT2D eigenvalue weighted by molar-refractivity contribution is 0.0963. The van der Waals surface area contributed by atoms with Gasteiger partial charge in [0, 0.05) is 19.2 Å². The van der Waals surface area contributed by atoms with Crippen molar-refractivity contribution in [3.63, 3.8) is 0 Å². The van der Waals surface area contributed by atoms with Crippen LogP contribution < -0.4 is 16.4 Å². The number of rotatable bonds is 9. The maximum Gasteiger partial charge on any atom is 0.251 e. The summed E-state index contributed by atoms with van der Waals surface area (Å²) in [5.41, 5.74) is 8.08. The lowest BCUT2D eigenvalue weighted by atomic mass is 10.1. The number of benzene rings is 1. The number of nitrogens with two attached hydrogens (primary N) is 1. The Morgan fingerprint density at radius 3 is 2.50 bits per heavy atom. The molecule has 1 aromatic rings. The van der Waals surface area contributed by atoms with Gasteiger partial charge in [-0.25, -0.2) is 0 Å². The maximum absolute atomic E-state index is 11.5. The van der Waals surface area contributed by atoms with E-state index in [2.05, 4.69) is 17.6 Å². The molecule has 20 heavy (non-hydrogen) atoms. The van der Waals surface area contributed by atoms with Crippen molar-refractivity contribution in [2.24, 2.45) is 0 Å². The monoisotopic (exact) mass is 277 g/mol. The minimum Gasteiger partial charge on any atom is -0.397 e. The van der Waals surface area contributed by atoms with Crippen molar-refractivity contribution in [1.82, 2.24) is 5.32 Å². The Bertz CT molecular complexity index is 418. The second kappa shape index (κ2) is 9.23. The molecular formula is C16H27N3O. The number of unbranched alkanes of at least 4 members (excludes halogenated alkanes) is 5. The van der Waals surface area contributed by atoms with Crippen molar-refractivity contribution in [3.05, 3.63) is 23.8 Å². The third kappa shape index (κ3) is 5.51. The predicted molar refractivity (Wildman–Crippen MR) is 86.1 cm³/mol. The van der Waals surface area contributed by atoms with E-state index in [0.29, 0.717) is 11.3 Å². The van der Waals surface area contributed by atoms with Gasteiger partial charge in [0.15, 0.2) is 0 Å². The molecule has 0 aliphatic carbocycles. The van der Waals surface area contributed by atoms with Crippen LogP contribution in [0.5, 0.6) is 0 Å². The summed E-state index contributed by atoms with van der Waals surface area (Å²) >= 11 is 0. The number of nitrogens with one attached hydrogen (secondary N) is 2. The van der Waals surface area contributed by atoms with E-state index < -0.39 is 0 Å². The molecule has 4 nitrogen and oxygen atoms in total. The summed E-state index contributed by atoms with van der Waals surface area (Å²) in [6.45, 7) is 3.16. The Kier molecular flexibility index (Phi) is 7.55. The van der Waals surface area contributed by atoms with Gasteiger partial charge in [0.05, 0.1) is 11.4 Å². The van der Waals surface area contributed by atoms with Gasteiger partial charge in [0.1, 0.15) is 0 Å². The van der Waals surface area contributed by atoms with Crippen LogP contribution in [0.25, 0.3) is 0 Å². The summed E-state index contributed by atoms with van der Waals surface area (Å²) < 4.78 is 0. The van der Waals surface area contributed by atoms with Crippen LogP contribution in [0, 0.1) is 0 Å². The number of carbonyl (C=O) groups excluding carboxylic acids is 1. The van der Waals surface area contributed by atoms with Crippen LogP contribution in [0.2, 0.25) is 0 Å². The maximum atomic E-state index is 11.5. The minimum atomic E-state index is -0.112. The molecule has 1 rings (SSSR count). The summed E-state index contributed by atoms with van der Waals surface area (Å²) in [5.74, 6) is -0.112. The van der Waals surface area contributed by atoms with Crippen molar-refractivity contribution >= 4 is 17.3 Å². The van der Waals surface area contributed by atoms with Gasteiger partial charge in [0.25, 0.3) is 5.91 Å². The largest absolute Gasteiger partial charge is 0.397 e. The molecule has 0 spiro atoms. The number of hydrogen-bond donors (Lipinski definition) is 3. The third-order valence-electron chi connectivity index (χ3n) is 3.39. The van der Waals surface area contributed by atoms with Gasteiger partial charge >= 0.3 is 0 Å². The van der Waals surface area contributed by atoms with E-state index in [1.165, 1.54) is 32.1 Å². The van der Waals surface area contributed by atoms with E-state index in [-0.39, 0.29) is 5.91 Å². The number of anilines is 2. The van der Waals surface area contributed by atoms with E-state index in [1.807, 2.05) is 6.07 Å². The Morgan fingerprint density at radius 2 is 1.85 bits per heavy atom. The molecule has 112 valence electrons. The fourth-order valence-corrected chi connectivity index (χ4v) is 2.14. The Balaban J connectivity index is 2.32. The normalized spacial score (nSPS) is 10.3. The number of hydrogen-bond acceptors (Lipinski definition) is 3. The summed E-state index contributed by atoms with van der Waals surface area (Å²) in [6.07, 6.45) is 7.66. The van der Waals surface area contributed by atoms with Gasteiger partial charge in [-0.1, -0.05) is 39.0 Å². The number of nitrogen functional groups attached to an aromatic ring is 1. The van der Waals surface area contributed by atoms with Crippen molar-refractivity contribution in [1.29, 1.82) is 0 Å². The average Bonchev–Trinajstić information content (AvgIpc) is 2.46. The molecular weight excluding hydrogens is 250 g/mol. The van der Waals surface area contributed by atoms with Gasteiger partial charge in [-0.05, 0) is 24.6 Å². The Hall–Kier alpha value is -1.71. The van der Waals surface area contributed by atoms with Crippen molar-refractivity contribution in [2.45, 2.75) is 45.4 Å². The van der Waals surface area contributed by atoms with E-state index in [9.17, 15) is 4.79 Å². The highest BCUT2D eigenvalue weighted by atomic mass is 16.1. The van der Waals surface area contributed by atoms with Crippen LogP contribution in [0.3, 0.4) is 0 Å². The molecule has 0 atom stereocenters. The first-order valence-corrected chi connectivity index (χ1v) is 7.54. The lowest BCUT2D eigenvalue weighted by Crippen LogP contribution is -2.18. The van der Waals surface area contributed by atoms with Crippen molar-refractivity contribution in [3.8, 4) is 0 Å². The topological polar surface area (TPSA) is 67.2 Å². The molecule has 0 fully saturated rings. The van der Waals surface area contributed by atoms with Crippen LogP contribution in [0.1, 0.15) is 55.8 Å². The van der Waals surface area contributed by atoms with Crippen LogP contribution in [-0.4, -0.2) is 19.5 Å². The fourth-order valence-electron chi connectivity index (χ4n) is 2.14. The summed E-state index contributed by atoms with van der Waals surface area (Å²) in [6, 6.07) is 5.37. The van der Waals surface area contributed by atoms with Crippen molar-refractivity contribution < 1.29 is 4.79 Å². The van der Waals surface area contributed by atoms with Gasteiger partial charge < -0.3 is 16.4 Å².